The van der Waals surface area contributed by atoms with E-state index < -0.39 is 16.2 Å². The summed E-state index contributed by atoms with van der Waals surface area (Å²) in [5, 5.41) is 4.90. The van der Waals surface area contributed by atoms with Gasteiger partial charge in [-0.05, 0) is 0 Å². The molecule has 0 saturated heterocycles. The Balaban J connectivity index is 2.42. The van der Waals surface area contributed by atoms with Gasteiger partial charge in [0.2, 0.25) is 0 Å². The maximum Gasteiger partial charge on any atom is 0.250 e. The Bertz CT molecular complexity index is 497. The summed E-state index contributed by atoms with van der Waals surface area (Å²) in [4.78, 5) is 0. The minimum atomic E-state index is -4.45. The van der Waals surface area contributed by atoms with Gasteiger partial charge in [-0.2, -0.15) is 9.19 Å². The molecule has 0 radical (unpaired) electrons. The molecule has 2 rings (SSSR count). The van der Waals surface area contributed by atoms with E-state index in [0.717, 1.165) is 6.20 Å². The molecule has 1 aliphatic heterocycles. The van der Waals surface area contributed by atoms with Crippen LogP contribution in [-0.2, 0) is 23.1 Å². The monoisotopic (exact) mass is 191 g/mol. The Hall–Kier alpha value is -0.880. The van der Waals surface area contributed by atoms with E-state index in [9.17, 15) is 8.42 Å². The standard InChI is InChI=1S/C6H9N3O2S/c1-12(10,11)9-4-5-2-7-3-6(5)8-9/h4,7H,2-3H2,1H3/i1D3/hD. The van der Waals surface area contributed by atoms with Gasteiger partial charge >= 0.3 is 0 Å². The molecule has 1 N–H and O–H groups in total. The Morgan fingerprint density at radius 3 is 3.33 bits per heavy atom. The number of rotatable bonds is 1. The highest BCUT2D eigenvalue weighted by Crippen LogP contribution is 2.13. The molecule has 2 heterocycles. The molecular formula is C6H9N3O2S. The van der Waals surface area contributed by atoms with Crippen LogP contribution < -0.4 is 5.31 Å². The summed E-state index contributed by atoms with van der Waals surface area (Å²) in [6.45, 7) is 0.463. The van der Waals surface area contributed by atoms with Gasteiger partial charge < -0.3 is 5.31 Å². The zero-order chi connectivity index (χ0) is 12.1. The SMILES string of the molecule is [2H]N1Cc2cn(S(=O)(=O)C([2H])([2H])[2H])nc2C1. The van der Waals surface area contributed by atoms with Crippen molar-refractivity contribution in [1.82, 2.24) is 14.5 Å². The van der Waals surface area contributed by atoms with Crippen LogP contribution in [0, 0.1) is 0 Å². The number of fused-ring (bicyclic) bond motifs is 1. The van der Waals surface area contributed by atoms with Gasteiger partial charge in [-0.25, -0.2) is 8.42 Å². The number of nitrogens with one attached hydrogen (secondary N) is 1. The van der Waals surface area contributed by atoms with Crippen LogP contribution in [0.15, 0.2) is 6.20 Å². The van der Waals surface area contributed by atoms with Gasteiger partial charge in [0.05, 0.1) is 11.9 Å². The highest BCUT2D eigenvalue weighted by atomic mass is 32.2. The predicted octanol–water partition coefficient (Wildman–Crippen LogP) is -0.706. The van der Waals surface area contributed by atoms with Crippen molar-refractivity contribution >= 4 is 10.0 Å². The third kappa shape index (κ3) is 1.12. The summed E-state index contributed by atoms with van der Waals surface area (Å²) in [6.07, 6.45) is -1.96. The van der Waals surface area contributed by atoms with Crippen molar-refractivity contribution in [3.8, 4) is 0 Å². The minimum absolute atomic E-state index is 0.207. The van der Waals surface area contributed by atoms with Crippen LogP contribution in [0.4, 0.5) is 0 Å². The lowest BCUT2D eigenvalue weighted by Gasteiger charge is -1.96. The second-order valence-corrected chi connectivity index (χ2v) is 3.84. The lowest BCUT2D eigenvalue weighted by atomic mass is 10.3. The molecule has 0 fully saturated rings. The molecule has 0 spiro atoms. The molecule has 0 aliphatic carbocycles. The molecular weight excluding hydrogens is 178 g/mol. The summed E-state index contributed by atoms with van der Waals surface area (Å²) in [6, 6.07) is 0. The molecule has 0 atom stereocenters. The first-order valence-electron chi connectivity index (χ1n) is 5.23. The lowest BCUT2D eigenvalue weighted by molar-refractivity contribution is 0.584. The van der Waals surface area contributed by atoms with Crippen LogP contribution in [0.3, 0.4) is 0 Å². The average Bonchev–Trinajstić information content (AvgIpc) is 2.58. The zero-order valence-electron chi connectivity index (χ0n) is 10.1. The van der Waals surface area contributed by atoms with Gasteiger partial charge in [-0.3, -0.25) is 0 Å². The third-order valence-corrected chi connectivity index (χ3v) is 2.33. The average molecular weight is 191 g/mol. The van der Waals surface area contributed by atoms with E-state index in [1.54, 1.807) is 0 Å². The molecule has 5 nitrogen and oxygen atoms in total. The Labute approximate surface area is 76.1 Å². The van der Waals surface area contributed by atoms with Crippen LogP contribution in [0.25, 0.3) is 0 Å². The first-order valence-corrected chi connectivity index (χ1v) is 4.72. The normalized spacial score (nSPS) is 24.0. The lowest BCUT2D eigenvalue weighted by Crippen LogP contribution is -2.13. The summed E-state index contributed by atoms with van der Waals surface area (Å²) in [7, 11) is -4.45. The first kappa shape index (κ1) is 4.38. The van der Waals surface area contributed by atoms with Crippen molar-refractivity contribution < 1.29 is 13.9 Å². The highest BCUT2D eigenvalue weighted by molar-refractivity contribution is 7.89. The Morgan fingerprint density at radius 2 is 2.67 bits per heavy atom. The van der Waals surface area contributed by atoms with Crippen LogP contribution in [-0.4, -0.2) is 23.8 Å². The third-order valence-electron chi connectivity index (χ3n) is 1.65. The molecule has 0 amide bonds. The molecule has 0 unspecified atom stereocenters. The van der Waals surface area contributed by atoms with Gasteiger partial charge in [-0.1, -0.05) is 0 Å². The zero-order valence-corrected chi connectivity index (χ0v) is 6.87. The van der Waals surface area contributed by atoms with Crippen molar-refractivity contribution in [1.29, 1.82) is 0 Å². The van der Waals surface area contributed by atoms with Gasteiger partial charge in [0.15, 0.2) is 0 Å². The van der Waals surface area contributed by atoms with Crippen molar-refractivity contribution in [2.24, 2.45) is 0 Å². The molecule has 0 saturated carbocycles. The molecule has 66 valence electrons. The molecule has 0 aromatic carbocycles. The quantitative estimate of drug-likeness (QED) is 0.637. The number of aromatic nitrogens is 2. The second-order valence-electron chi connectivity index (χ2n) is 2.52. The fourth-order valence-corrected chi connectivity index (χ4v) is 1.56. The van der Waals surface area contributed by atoms with Crippen LogP contribution in [0.2, 0.25) is 1.41 Å². The Kier molecular flexibility index (Phi) is 0.841. The fourth-order valence-electron chi connectivity index (χ4n) is 1.09. The summed E-state index contributed by atoms with van der Waals surface area (Å²) in [5.41, 5.74) is 1.01. The predicted molar refractivity (Wildman–Crippen MR) is 43.0 cm³/mol. The molecule has 12 heavy (non-hydrogen) atoms. The molecule has 0 bridgehead atoms. The maximum atomic E-state index is 11.5. The number of hydrogen-bond donors (Lipinski definition) is 1. The van der Waals surface area contributed by atoms with Crippen molar-refractivity contribution in [3.63, 3.8) is 0 Å². The van der Waals surface area contributed by atoms with Crippen LogP contribution in [0.1, 0.15) is 15.4 Å². The molecule has 1 aliphatic rings. The first-order chi connectivity index (χ1) is 7.22. The van der Waals surface area contributed by atoms with E-state index in [-0.39, 0.29) is 13.1 Å². The van der Waals surface area contributed by atoms with Crippen LogP contribution in [0.5, 0.6) is 0 Å². The summed E-state index contributed by atoms with van der Waals surface area (Å²) < 4.78 is 51.5. The topological polar surface area (TPSA) is 64.0 Å². The fraction of sp³-hybridized carbons (Fsp3) is 0.500. The molecule has 6 heteroatoms. The summed E-state index contributed by atoms with van der Waals surface area (Å²) in [5.74, 6) is 0. The van der Waals surface area contributed by atoms with E-state index >= 15 is 0 Å². The molecule has 1 aromatic rings. The van der Waals surface area contributed by atoms with Crippen LogP contribution >= 0.6 is 0 Å². The van der Waals surface area contributed by atoms with Crippen molar-refractivity contribution in [3.05, 3.63) is 17.5 Å². The van der Waals surface area contributed by atoms with Gasteiger partial charge in [0.25, 0.3) is 10.0 Å². The van der Waals surface area contributed by atoms with Crippen molar-refractivity contribution in [2.75, 3.05) is 6.18 Å². The van der Waals surface area contributed by atoms with E-state index in [2.05, 4.69) is 5.10 Å². The van der Waals surface area contributed by atoms with Crippen molar-refractivity contribution in [2.45, 2.75) is 13.1 Å². The van der Waals surface area contributed by atoms with Gasteiger partial charge in [-0.15, -0.1) is 0 Å². The van der Waals surface area contributed by atoms with E-state index in [1.807, 2.05) is 0 Å². The minimum Gasteiger partial charge on any atom is -0.307 e. The second kappa shape index (κ2) is 2.30. The maximum absolute atomic E-state index is 11.5. The largest absolute Gasteiger partial charge is 0.307 e. The van der Waals surface area contributed by atoms with E-state index in [1.165, 1.54) is 5.31 Å². The highest BCUT2D eigenvalue weighted by Gasteiger charge is 2.17. The molecule has 1 aromatic heterocycles. The number of hydrogen-bond acceptors (Lipinski definition) is 4. The van der Waals surface area contributed by atoms with E-state index in [0.29, 0.717) is 15.3 Å². The smallest absolute Gasteiger partial charge is 0.250 e. The van der Waals surface area contributed by atoms with Gasteiger partial charge in [0.1, 0.15) is 1.41 Å². The van der Waals surface area contributed by atoms with Gasteiger partial charge in [0, 0.05) is 29.0 Å². The Morgan fingerprint density at radius 1 is 1.83 bits per heavy atom. The van der Waals surface area contributed by atoms with E-state index in [4.69, 9.17) is 5.52 Å². The summed E-state index contributed by atoms with van der Waals surface area (Å²) >= 11 is 0. The number of nitrogens with zero attached hydrogens (tertiary/aromatic N) is 2.